The summed E-state index contributed by atoms with van der Waals surface area (Å²) in [6.45, 7) is 18.5. The Morgan fingerprint density at radius 1 is 0.389 bits per heavy atom. The molecule has 0 N–H and O–H groups in total. The molecule has 54 heavy (non-hydrogen) atoms. The first-order valence-corrected chi connectivity index (χ1v) is 19.4. The number of hydrogen-bond acceptors (Lipinski definition) is 1. The van der Waals surface area contributed by atoms with Crippen LogP contribution in [-0.2, 0) is 16.2 Å². The maximum absolute atomic E-state index is 2.45. The molecule has 0 unspecified atom stereocenters. The molecule has 0 spiro atoms. The van der Waals surface area contributed by atoms with E-state index in [1.807, 2.05) is 0 Å². The summed E-state index contributed by atoms with van der Waals surface area (Å²) < 4.78 is 0. The quantitative estimate of drug-likeness (QED) is 0.173. The molecule has 0 bridgehead atoms. The highest BCUT2D eigenvalue weighted by Crippen LogP contribution is 2.52. The van der Waals surface area contributed by atoms with Crippen molar-refractivity contribution in [3.05, 3.63) is 185 Å². The van der Waals surface area contributed by atoms with Crippen LogP contribution in [0.15, 0.2) is 152 Å². The van der Waals surface area contributed by atoms with Crippen molar-refractivity contribution in [3.8, 4) is 44.5 Å². The van der Waals surface area contributed by atoms with E-state index in [0.29, 0.717) is 0 Å². The summed E-state index contributed by atoms with van der Waals surface area (Å²) in [7, 11) is 0. The zero-order chi connectivity index (χ0) is 37.6. The number of benzene rings is 7. The van der Waals surface area contributed by atoms with Crippen LogP contribution in [-0.4, -0.2) is 0 Å². The van der Waals surface area contributed by atoms with Crippen LogP contribution in [0.5, 0.6) is 0 Å². The maximum atomic E-state index is 2.45. The van der Waals surface area contributed by atoms with Gasteiger partial charge >= 0.3 is 0 Å². The van der Waals surface area contributed by atoms with Crippen molar-refractivity contribution in [3.63, 3.8) is 0 Å². The minimum Gasteiger partial charge on any atom is -0.310 e. The molecule has 0 aromatic heterocycles. The van der Waals surface area contributed by atoms with E-state index in [4.69, 9.17) is 0 Å². The molecule has 7 aromatic rings. The summed E-state index contributed by atoms with van der Waals surface area (Å²) in [6.07, 6.45) is 0. The molecule has 1 heteroatoms. The summed E-state index contributed by atoms with van der Waals surface area (Å²) in [6, 6.07) is 57.4. The Bertz CT molecular complexity index is 2450. The number of hydrogen-bond donors (Lipinski definition) is 0. The van der Waals surface area contributed by atoms with Gasteiger partial charge in [-0.2, -0.15) is 0 Å². The van der Waals surface area contributed by atoms with Crippen LogP contribution in [0.2, 0.25) is 0 Å². The summed E-state index contributed by atoms with van der Waals surface area (Å²) in [5.41, 5.74) is 21.8. The highest BCUT2D eigenvalue weighted by molar-refractivity contribution is 5.89. The first kappa shape index (κ1) is 34.1. The van der Waals surface area contributed by atoms with Gasteiger partial charge in [0.15, 0.2) is 0 Å². The van der Waals surface area contributed by atoms with E-state index in [9.17, 15) is 0 Å². The third-order valence-corrected chi connectivity index (χ3v) is 12.3. The van der Waals surface area contributed by atoms with E-state index >= 15 is 0 Å². The van der Waals surface area contributed by atoms with Crippen LogP contribution in [0.25, 0.3) is 44.5 Å². The molecule has 0 fully saturated rings. The first-order chi connectivity index (χ1) is 25.8. The van der Waals surface area contributed by atoms with Crippen LogP contribution < -0.4 is 4.90 Å². The van der Waals surface area contributed by atoms with Crippen molar-refractivity contribution in [2.45, 2.75) is 71.6 Å². The summed E-state index contributed by atoms with van der Waals surface area (Å²) in [5, 5.41) is 0. The fourth-order valence-electron chi connectivity index (χ4n) is 9.09. The SMILES string of the molecule is Cc1ccc(N(c2ccc(C(C)(C)C)cc2)c2cc(-c3ccc4c(c3)C(C)(C)c3ccccc3-4)cc(-c3ccc4c(c3)C(C)(C)c3ccccc3-4)c2)cc1. The molecule has 2 aliphatic rings. The Hall–Kier alpha value is -5.66. The van der Waals surface area contributed by atoms with Gasteiger partial charge in [0.25, 0.3) is 0 Å². The van der Waals surface area contributed by atoms with E-state index in [1.165, 1.54) is 77.9 Å². The van der Waals surface area contributed by atoms with Crippen LogP contribution in [0.4, 0.5) is 17.1 Å². The fourth-order valence-corrected chi connectivity index (χ4v) is 9.09. The Morgan fingerprint density at radius 2 is 0.815 bits per heavy atom. The monoisotopic (exact) mass is 699 g/mol. The second kappa shape index (κ2) is 12.2. The topological polar surface area (TPSA) is 3.24 Å². The van der Waals surface area contributed by atoms with E-state index in [0.717, 1.165) is 17.1 Å². The number of rotatable bonds is 5. The lowest BCUT2D eigenvalue weighted by Crippen LogP contribution is -2.15. The lowest BCUT2D eigenvalue weighted by Gasteiger charge is -2.28. The van der Waals surface area contributed by atoms with E-state index in [2.05, 4.69) is 212 Å². The van der Waals surface area contributed by atoms with Crippen LogP contribution in [0.3, 0.4) is 0 Å². The number of aryl methyl sites for hydroxylation is 1. The van der Waals surface area contributed by atoms with Crippen molar-refractivity contribution in [2.24, 2.45) is 0 Å². The Labute approximate surface area is 322 Å². The summed E-state index contributed by atoms with van der Waals surface area (Å²) >= 11 is 0. The van der Waals surface area contributed by atoms with Gasteiger partial charge in [-0.25, -0.2) is 0 Å². The summed E-state index contributed by atoms with van der Waals surface area (Å²) in [4.78, 5) is 2.43. The van der Waals surface area contributed by atoms with Crippen molar-refractivity contribution >= 4 is 17.1 Å². The molecule has 9 rings (SSSR count). The van der Waals surface area contributed by atoms with Gasteiger partial charge in [0.05, 0.1) is 0 Å². The zero-order valence-electron chi connectivity index (χ0n) is 32.9. The Morgan fingerprint density at radius 3 is 1.28 bits per heavy atom. The van der Waals surface area contributed by atoms with Crippen LogP contribution >= 0.6 is 0 Å². The standard InChI is InChI=1S/C53H49N/c1-34-17-23-40(24-18-34)54(41-25-21-39(22-26-41)51(2,3)4)42-30-37(35-19-27-45-43-13-9-11-15-47(43)52(5,6)49(45)32-35)29-38(31-42)36-20-28-46-44-14-10-12-16-48(44)53(7,8)50(46)33-36/h9-33H,1-8H3. The average Bonchev–Trinajstić information content (AvgIpc) is 3.54. The Balaban J connectivity index is 1.26. The van der Waals surface area contributed by atoms with Gasteiger partial charge in [0, 0.05) is 27.9 Å². The molecule has 0 aliphatic heterocycles. The highest BCUT2D eigenvalue weighted by atomic mass is 15.1. The third-order valence-electron chi connectivity index (χ3n) is 12.3. The van der Waals surface area contributed by atoms with Gasteiger partial charge in [0.1, 0.15) is 0 Å². The minimum absolute atomic E-state index is 0.0717. The minimum atomic E-state index is -0.0777. The smallest absolute Gasteiger partial charge is 0.0473 e. The van der Waals surface area contributed by atoms with Gasteiger partial charge in [-0.05, 0) is 139 Å². The van der Waals surface area contributed by atoms with Crippen molar-refractivity contribution in [1.82, 2.24) is 0 Å². The second-order valence-corrected chi connectivity index (χ2v) is 17.6. The number of anilines is 3. The summed E-state index contributed by atoms with van der Waals surface area (Å²) in [5.74, 6) is 0. The van der Waals surface area contributed by atoms with Gasteiger partial charge in [-0.3, -0.25) is 0 Å². The molecular formula is C53H49N. The zero-order valence-corrected chi connectivity index (χ0v) is 32.9. The second-order valence-electron chi connectivity index (χ2n) is 17.6. The molecule has 0 heterocycles. The van der Waals surface area contributed by atoms with Crippen LogP contribution in [0.1, 0.15) is 81.8 Å². The van der Waals surface area contributed by atoms with E-state index < -0.39 is 0 Å². The van der Waals surface area contributed by atoms with Crippen molar-refractivity contribution < 1.29 is 0 Å². The van der Waals surface area contributed by atoms with Crippen LogP contribution in [0, 0.1) is 6.92 Å². The van der Waals surface area contributed by atoms with E-state index in [1.54, 1.807) is 0 Å². The van der Waals surface area contributed by atoms with Gasteiger partial charge in [0.2, 0.25) is 0 Å². The first-order valence-electron chi connectivity index (χ1n) is 19.4. The van der Waals surface area contributed by atoms with Crippen molar-refractivity contribution in [1.29, 1.82) is 0 Å². The molecule has 0 atom stereocenters. The molecule has 0 radical (unpaired) electrons. The number of nitrogens with zero attached hydrogens (tertiary/aromatic N) is 1. The molecule has 266 valence electrons. The average molecular weight is 700 g/mol. The van der Waals surface area contributed by atoms with Gasteiger partial charge < -0.3 is 4.90 Å². The highest BCUT2D eigenvalue weighted by Gasteiger charge is 2.36. The molecule has 0 saturated carbocycles. The normalized spacial score (nSPS) is 14.6. The molecule has 0 saturated heterocycles. The molecule has 1 nitrogen and oxygen atoms in total. The van der Waals surface area contributed by atoms with E-state index in [-0.39, 0.29) is 16.2 Å². The predicted molar refractivity (Wildman–Crippen MR) is 231 cm³/mol. The fraction of sp³-hybridized carbons (Fsp3) is 0.208. The largest absolute Gasteiger partial charge is 0.310 e. The maximum Gasteiger partial charge on any atom is 0.0473 e. The lowest BCUT2D eigenvalue weighted by atomic mass is 9.81. The molecule has 7 aromatic carbocycles. The molecular weight excluding hydrogens is 651 g/mol. The molecule has 0 amide bonds. The molecule has 2 aliphatic carbocycles. The third kappa shape index (κ3) is 5.44. The number of fused-ring (bicyclic) bond motifs is 6. The lowest BCUT2D eigenvalue weighted by molar-refractivity contribution is 0.590. The predicted octanol–water partition coefficient (Wildman–Crippen LogP) is 14.7. The van der Waals surface area contributed by atoms with Gasteiger partial charge in [-0.15, -0.1) is 0 Å². The van der Waals surface area contributed by atoms with Gasteiger partial charge in [-0.1, -0.05) is 151 Å². The Kier molecular flexibility index (Phi) is 7.70. The van der Waals surface area contributed by atoms with Crippen molar-refractivity contribution in [2.75, 3.05) is 4.90 Å².